The van der Waals surface area contributed by atoms with Crippen LogP contribution >= 0.6 is 15.9 Å². The molecular formula is C17H16BrNO2S. The molecule has 22 heavy (non-hydrogen) atoms. The molecule has 0 spiro atoms. The molecule has 0 saturated carbocycles. The topological polar surface area (TPSA) is 46.2 Å². The molecule has 0 radical (unpaired) electrons. The van der Waals surface area contributed by atoms with Gasteiger partial charge in [-0.05, 0) is 76.7 Å². The Kier molecular flexibility index (Phi) is 3.87. The Morgan fingerprint density at radius 2 is 1.82 bits per heavy atom. The van der Waals surface area contributed by atoms with Crippen molar-refractivity contribution >= 4 is 37.2 Å². The predicted octanol–water partition coefficient (Wildman–Crippen LogP) is 4.52. The van der Waals surface area contributed by atoms with Crippen LogP contribution in [0.1, 0.15) is 23.6 Å². The van der Waals surface area contributed by atoms with E-state index < -0.39 is 10.0 Å². The summed E-state index contributed by atoms with van der Waals surface area (Å²) in [6, 6.07) is 10.6. The molecule has 2 aromatic rings. The van der Waals surface area contributed by atoms with Crippen LogP contribution < -0.4 is 4.72 Å². The first kappa shape index (κ1) is 15.3. The zero-order valence-electron chi connectivity index (χ0n) is 12.4. The molecule has 0 aliphatic heterocycles. The van der Waals surface area contributed by atoms with Gasteiger partial charge < -0.3 is 0 Å². The number of benzene rings is 2. The van der Waals surface area contributed by atoms with Crippen LogP contribution in [0.25, 0.3) is 5.57 Å². The molecule has 0 aromatic heterocycles. The minimum atomic E-state index is -3.62. The SMILES string of the molecule is CC1=CCc2c(NS(=O)(=O)c3ccccc3Br)ccc(C)c21. The third-order valence-electron chi connectivity index (χ3n) is 3.90. The Balaban J connectivity index is 2.04. The van der Waals surface area contributed by atoms with Gasteiger partial charge in [-0.15, -0.1) is 0 Å². The van der Waals surface area contributed by atoms with Crippen molar-refractivity contribution in [2.45, 2.75) is 25.2 Å². The zero-order chi connectivity index (χ0) is 15.9. The summed E-state index contributed by atoms with van der Waals surface area (Å²) in [5, 5.41) is 0. The maximum Gasteiger partial charge on any atom is 0.263 e. The van der Waals surface area contributed by atoms with E-state index in [9.17, 15) is 8.42 Å². The Bertz CT molecular complexity index is 886. The van der Waals surface area contributed by atoms with Crippen LogP contribution in [0, 0.1) is 6.92 Å². The van der Waals surface area contributed by atoms with Gasteiger partial charge in [-0.3, -0.25) is 4.72 Å². The summed E-state index contributed by atoms with van der Waals surface area (Å²) >= 11 is 3.30. The lowest BCUT2D eigenvalue weighted by Gasteiger charge is -2.15. The first-order chi connectivity index (χ1) is 10.4. The molecule has 0 bridgehead atoms. The van der Waals surface area contributed by atoms with Crippen molar-refractivity contribution in [1.29, 1.82) is 0 Å². The highest BCUT2D eigenvalue weighted by Crippen LogP contribution is 2.36. The Hall–Kier alpha value is -1.59. The maximum atomic E-state index is 12.6. The molecular weight excluding hydrogens is 362 g/mol. The predicted molar refractivity (Wildman–Crippen MR) is 93.5 cm³/mol. The fourth-order valence-electron chi connectivity index (χ4n) is 2.84. The Labute approximate surface area is 139 Å². The van der Waals surface area contributed by atoms with Crippen molar-refractivity contribution in [3.05, 3.63) is 63.6 Å². The fraction of sp³-hybridized carbons (Fsp3) is 0.176. The van der Waals surface area contributed by atoms with Crippen LogP contribution in [-0.4, -0.2) is 8.42 Å². The van der Waals surface area contributed by atoms with Gasteiger partial charge in [0.25, 0.3) is 10.0 Å². The van der Waals surface area contributed by atoms with Gasteiger partial charge in [0.1, 0.15) is 4.90 Å². The number of rotatable bonds is 3. The van der Waals surface area contributed by atoms with Crippen LogP contribution in [-0.2, 0) is 16.4 Å². The van der Waals surface area contributed by atoms with Gasteiger partial charge >= 0.3 is 0 Å². The summed E-state index contributed by atoms with van der Waals surface area (Å²) in [6.07, 6.45) is 2.89. The van der Waals surface area contributed by atoms with Crippen LogP contribution in [0.2, 0.25) is 0 Å². The molecule has 114 valence electrons. The average Bonchev–Trinajstić information content (AvgIpc) is 2.85. The minimum Gasteiger partial charge on any atom is -0.279 e. The van der Waals surface area contributed by atoms with Gasteiger partial charge in [0, 0.05) is 4.47 Å². The Morgan fingerprint density at radius 1 is 1.09 bits per heavy atom. The first-order valence-corrected chi connectivity index (χ1v) is 9.25. The summed E-state index contributed by atoms with van der Waals surface area (Å²) in [5.74, 6) is 0. The molecule has 0 unspecified atom stereocenters. The second-order valence-corrected chi connectivity index (χ2v) is 7.92. The third-order valence-corrected chi connectivity index (χ3v) is 6.28. The van der Waals surface area contributed by atoms with E-state index in [1.165, 1.54) is 11.1 Å². The van der Waals surface area contributed by atoms with Gasteiger partial charge in [0.05, 0.1) is 5.69 Å². The highest BCUT2D eigenvalue weighted by Gasteiger charge is 2.22. The van der Waals surface area contributed by atoms with E-state index in [2.05, 4.69) is 33.7 Å². The number of allylic oxidation sites excluding steroid dienone is 2. The number of sulfonamides is 1. The summed E-state index contributed by atoms with van der Waals surface area (Å²) in [6.45, 7) is 4.11. The number of aryl methyl sites for hydroxylation is 1. The third kappa shape index (κ3) is 2.59. The quantitative estimate of drug-likeness (QED) is 0.854. The fourth-order valence-corrected chi connectivity index (χ4v) is 4.94. The van der Waals surface area contributed by atoms with Crippen molar-refractivity contribution in [1.82, 2.24) is 0 Å². The van der Waals surface area contributed by atoms with Crippen LogP contribution in [0.4, 0.5) is 5.69 Å². The number of hydrogen-bond donors (Lipinski definition) is 1. The summed E-state index contributed by atoms with van der Waals surface area (Å²) < 4.78 is 28.5. The molecule has 0 saturated heterocycles. The van der Waals surface area contributed by atoms with Crippen LogP contribution in [0.5, 0.6) is 0 Å². The summed E-state index contributed by atoms with van der Waals surface area (Å²) in [4.78, 5) is 0.243. The monoisotopic (exact) mass is 377 g/mol. The van der Waals surface area contributed by atoms with Crippen molar-refractivity contribution < 1.29 is 8.42 Å². The summed E-state index contributed by atoms with van der Waals surface area (Å²) in [7, 11) is -3.62. The minimum absolute atomic E-state index is 0.243. The standard InChI is InChI=1S/C17H16BrNO2S/c1-11-7-9-13-15(10-8-12(2)17(11)13)19-22(20,21)16-6-4-3-5-14(16)18/h3-8,10,19H,9H2,1-2H3. The molecule has 1 aliphatic rings. The van der Waals surface area contributed by atoms with Crippen LogP contribution in [0.3, 0.4) is 0 Å². The number of fused-ring (bicyclic) bond motifs is 1. The normalized spacial score (nSPS) is 13.7. The smallest absolute Gasteiger partial charge is 0.263 e. The van der Waals surface area contributed by atoms with E-state index in [-0.39, 0.29) is 4.90 Å². The number of anilines is 1. The lowest BCUT2D eigenvalue weighted by molar-refractivity contribution is 0.600. The van der Waals surface area contributed by atoms with Gasteiger partial charge in [-0.25, -0.2) is 8.42 Å². The molecule has 3 rings (SSSR count). The number of hydrogen-bond acceptors (Lipinski definition) is 2. The van der Waals surface area contributed by atoms with Crippen molar-refractivity contribution in [2.75, 3.05) is 4.72 Å². The molecule has 0 heterocycles. The molecule has 0 amide bonds. The number of nitrogens with one attached hydrogen (secondary N) is 1. The second kappa shape index (κ2) is 5.56. The molecule has 3 nitrogen and oxygen atoms in total. The van der Waals surface area contributed by atoms with Crippen molar-refractivity contribution in [3.63, 3.8) is 0 Å². The zero-order valence-corrected chi connectivity index (χ0v) is 14.8. The molecule has 5 heteroatoms. The molecule has 1 N–H and O–H groups in total. The highest BCUT2D eigenvalue weighted by molar-refractivity contribution is 9.10. The van der Waals surface area contributed by atoms with Gasteiger partial charge in [0.2, 0.25) is 0 Å². The van der Waals surface area contributed by atoms with E-state index in [0.717, 1.165) is 17.5 Å². The van der Waals surface area contributed by atoms with E-state index in [0.29, 0.717) is 10.2 Å². The molecule has 2 aromatic carbocycles. The second-order valence-electron chi connectivity index (χ2n) is 5.41. The molecule has 1 aliphatic carbocycles. The largest absolute Gasteiger partial charge is 0.279 e. The summed E-state index contributed by atoms with van der Waals surface area (Å²) in [5.41, 5.74) is 5.24. The van der Waals surface area contributed by atoms with E-state index in [1.54, 1.807) is 24.3 Å². The van der Waals surface area contributed by atoms with Crippen molar-refractivity contribution in [2.24, 2.45) is 0 Å². The maximum absolute atomic E-state index is 12.6. The van der Waals surface area contributed by atoms with E-state index in [1.807, 2.05) is 19.1 Å². The van der Waals surface area contributed by atoms with E-state index in [4.69, 9.17) is 0 Å². The van der Waals surface area contributed by atoms with Crippen molar-refractivity contribution in [3.8, 4) is 0 Å². The Morgan fingerprint density at radius 3 is 2.55 bits per heavy atom. The average molecular weight is 378 g/mol. The van der Waals surface area contributed by atoms with Crippen LogP contribution in [0.15, 0.2) is 51.8 Å². The first-order valence-electron chi connectivity index (χ1n) is 6.97. The van der Waals surface area contributed by atoms with Gasteiger partial charge in [0.15, 0.2) is 0 Å². The lowest BCUT2D eigenvalue weighted by atomic mass is 9.99. The molecule has 0 fully saturated rings. The lowest BCUT2D eigenvalue weighted by Crippen LogP contribution is -2.15. The highest BCUT2D eigenvalue weighted by atomic mass is 79.9. The van der Waals surface area contributed by atoms with Gasteiger partial charge in [-0.2, -0.15) is 0 Å². The molecule has 0 atom stereocenters. The number of halogens is 1. The van der Waals surface area contributed by atoms with E-state index >= 15 is 0 Å². The van der Waals surface area contributed by atoms with Gasteiger partial charge in [-0.1, -0.05) is 24.3 Å².